The number of benzene rings is 1. The predicted molar refractivity (Wildman–Crippen MR) is 60.4 cm³/mol. The molecule has 0 unspecified atom stereocenters. The van der Waals surface area contributed by atoms with Crippen LogP contribution in [0.3, 0.4) is 0 Å². The molecule has 1 aromatic heterocycles. The molecule has 0 aliphatic rings. The van der Waals surface area contributed by atoms with E-state index in [2.05, 4.69) is 29.7 Å². The molecule has 2 aromatic rings. The molecule has 0 aliphatic heterocycles. The van der Waals surface area contributed by atoms with Crippen LogP contribution < -0.4 is 4.68 Å². The molecule has 15 heavy (non-hydrogen) atoms. The smallest absolute Gasteiger partial charge is 0.164 e. The van der Waals surface area contributed by atoms with Gasteiger partial charge in [-0.3, -0.25) is 0 Å². The Morgan fingerprint density at radius 1 is 0.867 bits per heavy atom. The average Bonchev–Trinajstić information content (AvgIpc) is 2.32. The van der Waals surface area contributed by atoms with Crippen molar-refractivity contribution in [2.24, 2.45) is 0 Å². The molecule has 0 N–H and O–H groups in total. The van der Waals surface area contributed by atoms with E-state index >= 15 is 0 Å². The molecular formula is C13H14N2. The van der Waals surface area contributed by atoms with Crippen molar-refractivity contribution in [3.8, 4) is 0 Å². The molecular weight excluding hydrogens is 184 g/mol. The zero-order valence-electron chi connectivity index (χ0n) is 8.58. The molecule has 1 heterocycles. The molecule has 0 aliphatic carbocycles. The molecule has 0 bridgehead atoms. The van der Waals surface area contributed by atoms with E-state index in [1.807, 2.05) is 41.3 Å². The van der Waals surface area contributed by atoms with Gasteiger partial charge in [-0.1, -0.05) is 42.9 Å². The minimum Gasteiger partial charge on any atom is -0.435 e. The van der Waals surface area contributed by atoms with Crippen LogP contribution in [0.5, 0.6) is 0 Å². The summed E-state index contributed by atoms with van der Waals surface area (Å²) in [5, 5.41) is 0. The second-order valence-electron chi connectivity index (χ2n) is 3.36. The number of aromatic nitrogens is 1. The van der Waals surface area contributed by atoms with Gasteiger partial charge in [-0.25, -0.2) is 4.68 Å². The number of hydrogen-bond donors (Lipinski definition) is 0. The molecule has 0 atom stereocenters. The first-order valence-electron chi connectivity index (χ1n) is 5.13. The lowest BCUT2D eigenvalue weighted by molar-refractivity contribution is -0.625. The number of hydrogen-bond acceptors (Lipinski definition) is 0. The van der Waals surface area contributed by atoms with Gasteiger partial charge in [-0.05, 0) is 12.0 Å². The third kappa shape index (κ3) is 3.09. The molecule has 0 radical (unpaired) electrons. The van der Waals surface area contributed by atoms with E-state index in [4.69, 9.17) is 0 Å². The fourth-order valence-electron chi connectivity index (χ4n) is 1.42. The van der Waals surface area contributed by atoms with Gasteiger partial charge in [0.1, 0.15) is 0 Å². The van der Waals surface area contributed by atoms with Gasteiger partial charge in [0.2, 0.25) is 0 Å². The average molecular weight is 198 g/mol. The second-order valence-corrected chi connectivity index (χ2v) is 3.36. The minimum absolute atomic E-state index is 0.818. The van der Waals surface area contributed by atoms with Crippen molar-refractivity contribution in [3.63, 3.8) is 0 Å². The van der Waals surface area contributed by atoms with Crippen molar-refractivity contribution < 1.29 is 4.68 Å². The maximum atomic E-state index is 4.42. The molecule has 2 rings (SSSR count). The first-order chi connectivity index (χ1) is 7.45. The Labute approximate surface area is 90.2 Å². The van der Waals surface area contributed by atoms with Crippen LogP contribution in [0.25, 0.3) is 5.43 Å². The first kappa shape index (κ1) is 9.71. The summed E-state index contributed by atoms with van der Waals surface area (Å²) in [6, 6.07) is 16.4. The topological polar surface area (TPSA) is 18.0 Å². The zero-order chi connectivity index (χ0) is 10.3. The Morgan fingerprint density at radius 2 is 1.53 bits per heavy atom. The fourth-order valence-corrected chi connectivity index (χ4v) is 1.42. The Bertz CT molecular complexity index is 344. The highest BCUT2D eigenvalue weighted by Gasteiger charge is 1.88. The van der Waals surface area contributed by atoms with E-state index in [0.717, 1.165) is 13.0 Å². The summed E-state index contributed by atoms with van der Waals surface area (Å²) in [4.78, 5) is 0. The molecule has 0 saturated carbocycles. The molecule has 2 nitrogen and oxygen atoms in total. The van der Waals surface area contributed by atoms with Crippen molar-refractivity contribution in [1.82, 2.24) is 0 Å². The molecule has 0 amide bonds. The summed E-state index contributed by atoms with van der Waals surface area (Å²) in [5.74, 6) is 0. The normalized spacial score (nSPS) is 9.87. The van der Waals surface area contributed by atoms with E-state index in [9.17, 15) is 0 Å². The summed E-state index contributed by atoms with van der Waals surface area (Å²) in [5.41, 5.74) is 5.75. The number of nitrogens with zero attached hydrogens (tertiary/aromatic N) is 2. The summed E-state index contributed by atoms with van der Waals surface area (Å²) in [6.07, 6.45) is 4.89. The van der Waals surface area contributed by atoms with Crippen LogP contribution in [-0.4, -0.2) is 6.54 Å². The second kappa shape index (κ2) is 5.15. The molecule has 1 aromatic carbocycles. The number of rotatable bonds is 4. The molecule has 76 valence electrons. The van der Waals surface area contributed by atoms with Crippen molar-refractivity contribution in [2.75, 3.05) is 6.54 Å². The van der Waals surface area contributed by atoms with Crippen LogP contribution in [-0.2, 0) is 6.42 Å². The van der Waals surface area contributed by atoms with Gasteiger partial charge in [0, 0.05) is 12.1 Å². The largest absolute Gasteiger partial charge is 0.435 e. The van der Waals surface area contributed by atoms with Crippen LogP contribution in [0.15, 0.2) is 60.9 Å². The Balaban J connectivity index is 1.81. The lowest BCUT2D eigenvalue weighted by Crippen LogP contribution is -2.28. The van der Waals surface area contributed by atoms with Crippen LogP contribution in [0.2, 0.25) is 0 Å². The molecule has 2 heteroatoms. The Kier molecular flexibility index (Phi) is 3.34. The molecule has 0 spiro atoms. The van der Waals surface area contributed by atoms with Gasteiger partial charge in [-0.2, -0.15) is 0 Å². The zero-order valence-corrected chi connectivity index (χ0v) is 8.58. The summed E-state index contributed by atoms with van der Waals surface area (Å²) in [6.45, 7) is 0.818. The Morgan fingerprint density at radius 3 is 2.27 bits per heavy atom. The molecule has 0 fully saturated rings. The van der Waals surface area contributed by atoms with Gasteiger partial charge < -0.3 is 5.43 Å². The standard InChI is InChI=1S/C13H14N2/c1-3-7-13(8-4-1)9-10-14-15-11-5-2-6-12-15/h1-8,11-12H,9-10H2. The minimum atomic E-state index is 0.818. The van der Waals surface area contributed by atoms with Crippen molar-refractivity contribution >= 4 is 0 Å². The Hall–Kier alpha value is -1.83. The van der Waals surface area contributed by atoms with Gasteiger partial charge >= 0.3 is 0 Å². The van der Waals surface area contributed by atoms with Crippen molar-refractivity contribution in [3.05, 3.63) is 71.9 Å². The summed E-state index contributed by atoms with van der Waals surface area (Å²) < 4.78 is 1.85. The maximum absolute atomic E-state index is 4.42. The lowest BCUT2D eigenvalue weighted by Gasteiger charge is -2.11. The highest BCUT2D eigenvalue weighted by Crippen LogP contribution is 2.00. The predicted octanol–water partition coefficient (Wildman–Crippen LogP) is 2.35. The highest BCUT2D eigenvalue weighted by molar-refractivity contribution is 5.15. The van der Waals surface area contributed by atoms with Gasteiger partial charge in [0.15, 0.2) is 12.4 Å². The van der Waals surface area contributed by atoms with Gasteiger partial charge in [0.05, 0.1) is 0 Å². The van der Waals surface area contributed by atoms with Crippen LogP contribution in [0, 0.1) is 0 Å². The SMILES string of the molecule is c1ccc(CC[N-][n+]2ccccc2)cc1. The van der Waals surface area contributed by atoms with Crippen molar-refractivity contribution in [2.45, 2.75) is 6.42 Å². The maximum Gasteiger partial charge on any atom is 0.164 e. The van der Waals surface area contributed by atoms with E-state index in [0.29, 0.717) is 0 Å². The summed E-state index contributed by atoms with van der Waals surface area (Å²) in [7, 11) is 0. The van der Waals surface area contributed by atoms with Gasteiger partial charge in [-0.15, -0.1) is 0 Å². The van der Waals surface area contributed by atoms with E-state index < -0.39 is 0 Å². The van der Waals surface area contributed by atoms with Gasteiger partial charge in [0.25, 0.3) is 0 Å². The van der Waals surface area contributed by atoms with E-state index in [1.165, 1.54) is 5.56 Å². The molecule has 0 saturated heterocycles. The van der Waals surface area contributed by atoms with E-state index in [1.54, 1.807) is 0 Å². The van der Waals surface area contributed by atoms with Crippen LogP contribution in [0.4, 0.5) is 0 Å². The quantitative estimate of drug-likeness (QED) is 0.671. The highest BCUT2D eigenvalue weighted by atomic mass is 15.4. The third-order valence-corrected chi connectivity index (χ3v) is 2.21. The van der Waals surface area contributed by atoms with E-state index in [-0.39, 0.29) is 0 Å². The first-order valence-corrected chi connectivity index (χ1v) is 5.13. The third-order valence-electron chi connectivity index (χ3n) is 2.21. The van der Waals surface area contributed by atoms with Crippen LogP contribution in [0.1, 0.15) is 5.56 Å². The van der Waals surface area contributed by atoms with Crippen molar-refractivity contribution in [1.29, 1.82) is 0 Å². The van der Waals surface area contributed by atoms with Crippen LogP contribution >= 0.6 is 0 Å². The fraction of sp³-hybridized carbons (Fsp3) is 0.154. The number of pyridine rings is 1. The summed E-state index contributed by atoms with van der Waals surface area (Å²) >= 11 is 0. The lowest BCUT2D eigenvalue weighted by atomic mass is 10.2. The monoisotopic (exact) mass is 198 g/mol.